The lowest BCUT2D eigenvalue weighted by Gasteiger charge is -2.23. The highest BCUT2D eigenvalue weighted by atomic mass is 127. The summed E-state index contributed by atoms with van der Waals surface area (Å²) in [6, 6.07) is 0.295. The molecule has 0 saturated heterocycles. The predicted molar refractivity (Wildman–Crippen MR) is 101 cm³/mol. The minimum absolute atomic E-state index is 0. The maximum Gasteiger partial charge on any atom is 0.407 e. The van der Waals surface area contributed by atoms with E-state index in [4.69, 9.17) is 10.5 Å². The number of carbonyl (C=O) groups excluding carboxylic acids is 1. The molecule has 1 fully saturated rings. The van der Waals surface area contributed by atoms with Crippen molar-refractivity contribution < 1.29 is 9.53 Å². The number of nitrogens with two attached hydrogens (primary N) is 1. The molecular weight excluding hydrogens is 395 g/mol. The number of alkyl carbamates (subject to hydrolysis) is 1. The Labute approximate surface area is 151 Å². The lowest BCUT2D eigenvalue weighted by Crippen LogP contribution is -2.43. The van der Waals surface area contributed by atoms with Crippen LogP contribution < -0.4 is 16.4 Å². The fourth-order valence-electron chi connectivity index (χ4n) is 1.87. The number of nitrogens with one attached hydrogen (secondary N) is 2. The van der Waals surface area contributed by atoms with Crippen molar-refractivity contribution in [2.45, 2.75) is 71.6 Å². The summed E-state index contributed by atoms with van der Waals surface area (Å²) in [5, 5.41) is 6.03. The predicted octanol–water partition coefficient (Wildman–Crippen LogP) is 2.61. The van der Waals surface area contributed by atoms with E-state index in [-0.39, 0.29) is 36.1 Å². The molecule has 1 aliphatic rings. The Balaban J connectivity index is 0.00000441. The van der Waals surface area contributed by atoms with E-state index in [9.17, 15) is 4.79 Å². The van der Waals surface area contributed by atoms with Crippen LogP contribution in [0.1, 0.15) is 53.9 Å². The normalized spacial score (nSPS) is 18.0. The molecule has 2 atom stereocenters. The van der Waals surface area contributed by atoms with E-state index in [1.165, 1.54) is 0 Å². The van der Waals surface area contributed by atoms with Crippen LogP contribution in [0, 0.1) is 5.92 Å². The maximum absolute atomic E-state index is 11.8. The highest BCUT2D eigenvalue weighted by molar-refractivity contribution is 14.0. The Morgan fingerprint density at radius 3 is 2.41 bits per heavy atom. The topological polar surface area (TPSA) is 88.7 Å². The van der Waals surface area contributed by atoms with Crippen LogP contribution in [-0.4, -0.2) is 36.3 Å². The van der Waals surface area contributed by atoms with Gasteiger partial charge in [-0.2, -0.15) is 0 Å². The Morgan fingerprint density at radius 2 is 1.95 bits per heavy atom. The zero-order chi connectivity index (χ0) is 16.0. The number of aliphatic imine (C=N–C) groups is 1. The zero-order valence-electron chi connectivity index (χ0n) is 14.3. The summed E-state index contributed by atoms with van der Waals surface area (Å²) in [6.07, 6.45) is 2.84. The van der Waals surface area contributed by atoms with Gasteiger partial charge in [0.25, 0.3) is 0 Å². The fraction of sp³-hybridized carbons (Fsp3) is 0.867. The second kappa shape index (κ2) is 9.42. The second-order valence-corrected chi connectivity index (χ2v) is 6.77. The van der Waals surface area contributed by atoms with Gasteiger partial charge in [0.2, 0.25) is 0 Å². The molecule has 1 saturated carbocycles. The minimum atomic E-state index is -0.488. The second-order valence-electron chi connectivity index (χ2n) is 6.77. The summed E-state index contributed by atoms with van der Waals surface area (Å²) in [7, 11) is 0. The van der Waals surface area contributed by atoms with E-state index in [0.29, 0.717) is 24.5 Å². The molecule has 1 amide bonds. The van der Waals surface area contributed by atoms with Gasteiger partial charge in [0.05, 0.1) is 12.6 Å². The van der Waals surface area contributed by atoms with E-state index in [2.05, 4.69) is 29.5 Å². The SMILES string of the molecule is CCC(C)NC(N)=NCC(NC(=O)OC(C)(C)C)C1CC1.I. The van der Waals surface area contributed by atoms with Gasteiger partial charge in [-0.3, -0.25) is 4.99 Å². The lowest BCUT2D eigenvalue weighted by molar-refractivity contribution is 0.0500. The number of nitrogens with zero attached hydrogens (tertiary/aromatic N) is 1. The molecule has 0 aromatic carbocycles. The van der Waals surface area contributed by atoms with E-state index in [0.717, 1.165) is 19.3 Å². The quantitative estimate of drug-likeness (QED) is 0.346. The van der Waals surface area contributed by atoms with Gasteiger partial charge in [-0.15, -0.1) is 24.0 Å². The van der Waals surface area contributed by atoms with Crippen molar-refractivity contribution in [2.24, 2.45) is 16.6 Å². The Bertz CT molecular complexity index is 378. The zero-order valence-corrected chi connectivity index (χ0v) is 16.6. The Hall–Kier alpha value is -0.730. The molecular formula is C15H31IN4O2. The molecule has 0 aromatic heterocycles. The number of amides is 1. The first-order chi connectivity index (χ1) is 9.71. The van der Waals surface area contributed by atoms with Crippen LogP contribution in [0.4, 0.5) is 4.79 Å². The molecule has 0 heterocycles. The lowest BCUT2D eigenvalue weighted by atomic mass is 10.2. The first-order valence-corrected chi connectivity index (χ1v) is 7.77. The average molecular weight is 426 g/mol. The van der Waals surface area contributed by atoms with Crippen LogP contribution in [-0.2, 0) is 4.74 Å². The van der Waals surface area contributed by atoms with Crippen LogP contribution in [0.3, 0.4) is 0 Å². The van der Waals surface area contributed by atoms with E-state index in [1.54, 1.807) is 0 Å². The molecule has 0 radical (unpaired) electrons. The summed E-state index contributed by atoms with van der Waals surface area (Å²) in [5.74, 6) is 0.915. The van der Waals surface area contributed by atoms with Crippen molar-refractivity contribution in [3.05, 3.63) is 0 Å². The highest BCUT2D eigenvalue weighted by Gasteiger charge is 2.33. The summed E-state index contributed by atoms with van der Waals surface area (Å²) >= 11 is 0. The van der Waals surface area contributed by atoms with Crippen molar-refractivity contribution in [2.75, 3.05) is 6.54 Å². The molecule has 22 heavy (non-hydrogen) atoms. The molecule has 6 nitrogen and oxygen atoms in total. The number of ether oxygens (including phenoxy) is 1. The standard InChI is InChI=1S/C15H30N4O2.HI/c1-6-10(2)18-13(16)17-9-12(11-7-8-11)19-14(20)21-15(3,4)5;/h10-12H,6-9H2,1-5H3,(H,19,20)(H3,16,17,18);1H. The number of guanidine groups is 1. The largest absolute Gasteiger partial charge is 0.444 e. The molecule has 2 unspecified atom stereocenters. The van der Waals surface area contributed by atoms with Crippen LogP contribution in [0.25, 0.3) is 0 Å². The van der Waals surface area contributed by atoms with Crippen molar-refractivity contribution in [1.82, 2.24) is 10.6 Å². The molecule has 1 rings (SSSR count). The molecule has 7 heteroatoms. The Morgan fingerprint density at radius 1 is 1.36 bits per heavy atom. The van der Waals surface area contributed by atoms with E-state index in [1.807, 2.05) is 20.8 Å². The summed E-state index contributed by atoms with van der Waals surface area (Å²) in [4.78, 5) is 16.2. The van der Waals surface area contributed by atoms with Gasteiger partial charge in [0.1, 0.15) is 5.60 Å². The van der Waals surface area contributed by atoms with Gasteiger partial charge in [0, 0.05) is 6.04 Å². The van der Waals surface area contributed by atoms with Gasteiger partial charge in [-0.1, -0.05) is 6.92 Å². The highest BCUT2D eigenvalue weighted by Crippen LogP contribution is 2.32. The van der Waals surface area contributed by atoms with Crippen molar-refractivity contribution in [1.29, 1.82) is 0 Å². The van der Waals surface area contributed by atoms with E-state index >= 15 is 0 Å². The molecule has 0 bridgehead atoms. The smallest absolute Gasteiger partial charge is 0.407 e. The summed E-state index contributed by atoms with van der Waals surface area (Å²) in [6.45, 7) is 10.2. The third-order valence-corrected chi connectivity index (χ3v) is 3.36. The van der Waals surface area contributed by atoms with Gasteiger partial charge in [-0.25, -0.2) is 4.79 Å². The van der Waals surface area contributed by atoms with Crippen molar-refractivity contribution in [3.8, 4) is 0 Å². The fourth-order valence-corrected chi connectivity index (χ4v) is 1.87. The number of halogens is 1. The summed E-state index contributed by atoms with van der Waals surface area (Å²) < 4.78 is 5.29. The molecule has 1 aliphatic carbocycles. The average Bonchev–Trinajstić information content (AvgIpc) is 3.16. The maximum atomic E-state index is 11.8. The van der Waals surface area contributed by atoms with Crippen LogP contribution in [0.5, 0.6) is 0 Å². The number of carbonyl (C=O) groups is 1. The number of hydrogen-bond acceptors (Lipinski definition) is 3. The third-order valence-electron chi connectivity index (χ3n) is 3.36. The molecule has 0 aliphatic heterocycles. The molecule has 4 N–H and O–H groups in total. The monoisotopic (exact) mass is 426 g/mol. The van der Waals surface area contributed by atoms with Crippen LogP contribution in [0.15, 0.2) is 4.99 Å². The molecule has 130 valence electrons. The van der Waals surface area contributed by atoms with Crippen molar-refractivity contribution >= 4 is 36.0 Å². The van der Waals surface area contributed by atoms with Gasteiger partial charge in [-0.05, 0) is 52.9 Å². The number of rotatable bonds is 6. The first kappa shape index (κ1) is 21.3. The Kier molecular flexibility index (Phi) is 9.11. The first-order valence-electron chi connectivity index (χ1n) is 7.77. The number of hydrogen-bond donors (Lipinski definition) is 3. The summed E-state index contributed by atoms with van der Waals surface area (Å²) in [5.41, 5.74) is 5.36. The van der Waals surface area contributed by atoms with Crippen molar-refractivity contribution in [3.63, 3.8) is 0 Å². The molecule has 0 aromatic rings. The van der Waals surface area contributed by atoms with Crippen LogP contribution >= 0.6 is 24.0 Å². The van der Waals surface area contributed by atoms with E-state index < -0.39 is 5.60 Å². The van der Waals surface area contributed by atoms with Gasteiger partial charge >= 0.3 is 6.09 Å². The van der Waals surface area contributed by atoms with Gasteiger partial charge < -0.3 is 21.1 Å². The third kappa shape index (κ3) is 9.32. The van der Waals surface area contributed by atoms with Crippen LogP contribution in [0.2, 0.25) is 0 Å². The minimum Gasteiger partial charge on any atom is -0.444 e. The van der Waals surface area contributed by atoms with Gasteiger partial charge in [0.15, 0.2) is 5.96 Å². The molecule has 0 spiro atoms.